The molecule has 0 heterocycles. The third-order valence-electron chi connectivity index (χ3n) is 1.63. The van der Waals surface area contributed by atoms with E-state index in [9.17, 15) is 0 Å². The van der Waals surface area contributed by atoms with Crippen molar-refractivity contribution in [2.45, 2.75) is 24.3 Å². The fraction of sp³-hybridized carbons (Fsp3) is 1.00. The van der Waals surface area contributed by atoms with E-state index in [-0.39, 0.29) is 12.4 Å². The topological polar surface area (TPSA) is 0 Å². The predicted molar refractivity (Wildman–Crippen MR) is 29.4 cm³/mol. The molecule has 1 aliphatic rings. The van der Waals surface area contributed by atoms with Crippen LogP contribution in [0.15, 0.2) is 0 Å². The molecule has 0 aromatic heterocycles. The summed E-state index contributed by atoms with van der Waals surface area (Å²) in [6, 6.07) is 0. The molecule has 0 radical (unpaired) electrons. The Morgan fingerprint density at radius 1 is 1.43 bits per heavy atom. The molecule has 2 heteroatoms. The summed E-state index contributed by atoms with van der Waals surface area (Å²) in [5.41, 5.74) is 0. The molecule has 1 aliphatic carbocycles. The minimum atomic E-state index is 0. The van der Waals surface area contributed by atoms with Crippen LogP contribution in [0.2, 0.25) is 5.02 Å². The molecule has 0 atom stereocenters. The van der Waals surface area contributed by atoms with Gasteiger partial charge in [0.1, 0.15) is 0 Å². The first-order valence-electron chi connectivity index (χ1n) is 2.72. The van der Waals surface area contributed by atoms with Crippen LogP contribution in [0.5, 0.6) is 0 Å². The Morgan fingerprint density at radius 2 is 2.00 bits per heavy atom. The van der Waals surface area contributed by atoms with E-state index >= 15 is 0 Å². The van der Waals surface area contributed by atoms with Crippen molar-refractivity contribution in [1.29, 1.82) is 0 Å². The fourth-order valence-electron chi connectivity index (χ4n) is 0.781. The third-order valence-corrected chi connectivity index (χ3v) is 3.35. The molecule has 0 aromatic rings. The van der Waals surface area contributed by atoms with Gasteiger partial charge in [-0.15, -0.1) is 12.4 Å². The van der Waals surface area contributed by atoms with Crippen molar-refractivity contribution in [2.75, 3.05) is 0 Å². The maximum atomic E-state index is 1.54. The van der Waals surface area contributed by atoms with Crippen LogP contribution in [0.25, 0.3) is 0 Å². The van der Waals surface area contributed by atoms with E-state index in [1.54, 1.807) is 17.9 Å². The number of halogens is 1. The van der Waals surface area contributed by atoms with Crippen molar-refractivity contribution in [3.8, 4) is 0 Å². The molecular formula is C5H10ClZn. The van der Waals surface area contributed by atoms with Crippen LogP contribution in [0.3, 0.4) is 0 Å². The van der Waals surface area contributed by atoms with Gasteiger partial charge in [-0.05, 0) is 0 Å². The van der Waals surface area contributed by atoms with Gasteiger partial charge in [0, 0.05) is 0 Å². The number of rotatable bonds is 1. The van der Waals surface area contributed by atoms with Crippen LogP contribution in [0.4, 0.5) is 0 Å². The average molecular weight is 171 g/mol. The van der Waals surface area contributed by atoms with Gasteiger partial charge in [0.2, 0.25) is 0 Å². The summed E-state index contributed by atoms with van der Waals surface area (Å²) in [7, 11) is 0. The first-order valence-corrected chi connectivity index (χ1v) is 4.82. The van der Waals surface area contributed by atoms with Gasteiger partial charge < -0.3 is 0 Å². The van der Waals surface area contributed by atoms with Gasteiger partial charge in [-0.3, -0.25) is 0 Å². The second kappa shape index (κ2) is 3.86. The number of hydrogen-bond donors (Lipinski definition) is 0. The van der Waals surface area contributed by atoms with E-state index in [1.807, 2.05) is 0 Å². The van der Waals surface area contributed by atoms with E-state index in [1.165, 1.54) is 30.6 Å². The zero-order valence-electron chi connectivity index (χ0n) is 4.52. The Labute approximate surface area is 61.1 Å². The SMILES string of the molecule is Cl.[Zn][CH2]C1CCC1. The van der Waals surface area contributed by atoms with Crippen LogP contribution >= 0.6 is 12.4 Å². The first-order chi connectivity index (χ1) is 2.93. The van der Waals surface area contributed by atoms with Crippen molar-refractivity contribution in [2.24, 2.45) is 5.92 Å². The van der Waals surface area contributed by atoms with E-state index < -0.39 is 0 Å². The van der Waals surface area contributed by atoms with Gasteiger partial charge in [-0.2, -0.15) is 0 Å². The van der Waals surface area contributed by atoms with Crippen LogP contribution in [-0.2, 0) is 18.3 Å². The van der Waals surface area contributed by atoms with E-state index in [0.29, 0.717) is 0 Å². The standard InChI is InChI=1S/C5H9.ClH.Zn/c1-5-3-2-4-5;;/h5H,1-4H2;1H;. The monoisotopic (exact) mass is 169 g/mol. The Hall–Kier alpha value is 0.913. The van der Waals surface area contributed by atoms with Crippen LogP contribution in [0.1, 0.15) is 19.3 Å². The minimum absolute atomic E-state index is 0. The molecule has 1 saturated carbocycles. The van der Waals surface area contributed by atoms with Crippen molar-refractivity contribution in [3.63, 3.8) is 0 Å². The summed E-state index contributed by atoms with van der Waals surface area (Å²) in [5, 5.41) is 1.54. The molecule has 0 nitrogen and oxygen atoms in total. The summed E-state index contributed by atoms with van der Waals surface area (Å²) >= 11 is 1.52. The molecule has 0 unspecified atom stereocenters. The summed E-state index contributed by atoms with van der Waals surface area (Å²) in [4.78, 5) is 0. The van der Waals surface area contributed by atoms with Gasteiger partial charge >= 0.3 is 48.5 Å². The Morgan fingerprint density at radius 3 is 2.00 bits per heavy atom. The molecular weight excluding hydrogens is 161 g/mol. The zero-order chi connectivity index (χ0) is 4.41. The molecule has 1 rings (SSSR count). The Bertz CT molecular complexity index is 40.6. The molecule has 0 spiro atoms. The van der Waals surface area contributed by atoms with Gasteiger partial charge in [-0.25, -0.2) is 0 Å². The van der Waals surface area contributed by atoms with Crippen molar-refractivity contribution < 1.29 is 18.3 Å². The average Bonchev–Trinajstić information content (AvgIpc) is 1.31. The molecule has 0 saturated heterocycles. The van der Waals surface area contributed by atoms with Gasteiger partial charge in [0.05, 0.1) is 0 Å². The van der Waals surface area contributed by atoms with Crippen molar-refractivity contribution in [1.82, 2.24) is 0 Å². The van der Waals surface area contributed by atoms with Crippen LogP contribution < -0.4 is 0 Å². The summed E-state index contributed by atoms with van der Waals surface area (Å²) < 4.78 is 0. The van der Waals surface area contributed by atoms with Crippen LogP contribution in [-0.4, -0.2) is 0 Å². The fourth-order valence-corrected chi connectivity index (χ4v) is 1.99. The quantitative estimate of drug-likeness (QED) is 0.530. The predicted octanol–water partition coefficient (Wildman–Crippen LogP) is 2.17. The van der Waals surface area contributed by atoms with Gasteiger partial charge in [-0.1, -0.05) is 0 Å². The Kier molecular flexibility index (Phi) is 4.36. The van der Waals surface area contributed by atoms with Gasteiger partial charge in [0.25, 0.3) is 0 Å². The van der Waals surface area contributed by atoms with Crippen molar-refractivity contribution in [3.05, 3.63) is 0 Å². The number of hydrogen-bond acceptors (Lipinski definition) is 0. The molecule has 7 heavy (non-hydrogen) atoms. The second-order valence-corrected chi connectivity index (χ2v) is 3.30. The van der Waals surface area contributed by atoms with E-state index in [0.717, 1.165) is 0 Å². The third kappa shape index (κ3) is 2.10. The summed E-state index contributed by atoms with van der Waals surface area (Å²) in [5.74, 6) is 1.17. The van der Waals surface area contributed by atoms with E-state index in [4.69, 9.17) is 0 Å². The van der Waals surface area contributed by atoms with Crippen molar-refractivity contribution >= 4 is 12.4 Å². The summed E-state index contributed by atoms with van der Waals surface area (Å²) in [6.07, 6.45) is 4.60. The Balaban J connectivity index is 0.000000360. The molecule has 0 amide bonds. The molecule has 0 aliphatic heterocycles. The molecule has 39 valence electrons. The molecule has 0 N–H and O–H groups in total. The molecule has 1 fully saturated rings. The van der Waals surface area contributed by atoms with Gasteiger partial charge in [0.15, 0.2) is 0 Å². The zero-order valence-corrected chi connectivity index (χ0v) is 8.30. The molecule has 0 aromatic carbocycles. The second-order valence-electron chi connectivity index (χ2n) is 2.09. The summed E-state index contributed by atoms with van der Waals surface area (Å²) in [6.45, 7) is 0. The van der Waals surface area contributed by atoms with E-state index in [2.05, 4.69) is 0 Å². The molecule has 0 bridgehead atoms. The van der Waals surface area contributed by atoms with Crippen LogP contribution in [0, 0.1) is 5.92 Å². The maximum absolute atomic E-state index is 1.54. The first kappa shape index (κ1) is 7.91. The normalized spacial score (nSPS) is 20.3.